The molecule has 0 aliphatic carbocycles. The van der Waals surface area contributed by atoms with Crippen LogP contribution in [0.1, 0.15) is 77.3 Å². The zero-order valence-corrected chi connectivity index (χ0v) is 36.6. The van der Waals surface area contributed by atoms with Crippen LogP contribution in [0.15, 0.2) is 84.9 Å². The Balaban J connectivity index is 1.18. The molecule has 2 aliphatic rings. The minimum atomic E-state index is -0.559. The summed E-state index contributed by atoms with van der Waals surface area (Å²) in [5.74, 6) is -3.01. The Morgan fingerprint density at radius 1 is 0.581 bits per heavy atom. The number of esters is 2. The van der Waals surface area contributed by atoms with Gasteiger partial charge in [0.2, 0.25) is 11.8 Å². The van der Waals surface area contributed by atoms with E-state index in [1.807, 2.05) is 92.9 Å². The van der Waals surface area contributed by atoms with Gasteiger partial charge in [0.1, 0.15) is 5.82 Å². The third kappa shape index (κ3) is 10.4. The van der Waals surface area contributed by atoms with Crippen LogP contribution < -0.4 is 0 Å². The first-order valence-electron chi connectivity index (χ1n) is 21.7. The average Bonchev–Trinajstić information content (AvgIpc) is 4.06. The highest BCUT2D eigenvalue weighted by Gasteiger charge is 2.40. The Kier molecular flexibility index (Phi) is 14.9. The van der Waals surface area contributed by atoms with Crippen LogP contribution in [-0.2, 0) is 51.1 Å². The van der Waals surface area contributed by atoms with E-state index in [0.717, 1.165) is 52.2 Å². The zero-order valence-electron chi connectivity index (χ0n) is 36.6. The molecular formula is C50H58FN3O8. The summed E-state index contributed by atoms with van der Waals surface area (Å²) in [6.45, 7) is 8.54. The highest BCUT2D eigenvalue weighted by molar-refractivity contribution is 5.94. The van der Waals surface area contributed by atoms with Gasteiger partial charge in [-0.3, -0.25) is 28.8 Å². The lowest BCUT2D eigenvalue weighted by Gasteiger charge is -2.29. The fourth-order valence-corrected chi connectivity index (χ4v) is 8.88. The molecule has 1 aromatic heterocycles. The number of ether oxygens (including phenoxy) is 2. The number of carbonyl (C=O) groups excluding carboxylic acids is 6. The summed E-state index contributed by atoms with van der Waals surface area (Å²) in [7, 11) is 2.61. The third-order valence-electron chi connectivity index (χ3n) is 12.5. The molecule has 0 spiro atoms. The number of likely N-dealkylation sites (tertiary alicyclic amines) is 2. The summed E-state index contributed by atoms with van der Waals surface area (Å²) in [5, 5.41) is 0. The Morgan fingerprint density at radius 2 is 0.968 bits per heavy atom. The van der Waals surface area contributed by atoms with E-state index in [2.05, 4.69) is 0 Å². The van der Waals surface area contributed by atoms with Crippen LogP contribution in [0.25, 0.3) is 28.2 Å². The van der Waals surface area contributed by atoms with E-state index in [-0.39, 0.29) is 66.7 Å². The number of halogens is 1. The summed E-state index contributed by atoms with van der Waals surface area (Å²) in [5.41, 5.74) is 5.81. The number of aromatic nitrogens is 1. The number of nitrogens with zero attached hydrogens (tertiary/aromatic N) is 3. The molecule has 0 unspecified atom stereocenters. The molecule has 2 fully saturated rings. The minimum Gasteiger partial charge on any atom is -0.469 e. The lowest BCUT2D eigenvalue weighted by Crippen LogP contribution is -2.45. The van der Waals surface area contributed by atoms with Crippen molar-refractivity contribution in [2.75, 3.05) is 27.3 Å². The summed E-state index contributed by atoms with van der Waals surface area (Å²) < 4.78 is 25.9. The van der Waals surface area contributed by atoms with Crippen LogP contribution in [0, 0.1) is 29.5 Å². The van der Waals surface area contributed by atoms with Crippen molar-refractivity contribution in [3.05, 3.63) is 102 Å². The van der Waals surface area contributed by atoms with Crippen molar-refractivity contribution in [3.63, 3.8) is 0 Å². The normalized spacial score (nSPS) is 17.3. The smallest absolute Gasteiger partial charge is 0.306 e. The van der Waals surface area contributed by atoms with Crippen LogP contribution in [0.5, 0.6) is 0 Å². The van der Waals surface area contributed by atoms with Crippen molar-refractivity contribution in [3.8, 4) is 28.2 Å². The third-order valence-corrected chi connectivity index (χ3v) is 12.5. The van der Waals surface area contributed by atoms with Gasteiger partial charge in [-0.15, -0.1) is 0 Å². The van der Waals surface area contributed by atoms with E-state index < -0.39 is 35.9 Å². The van der Waals surface area contributed by atoms with Gasteiger partial charge in [0, 0.05) is 31.6 Å². The molecule has 4 aromatic rings. The van der Waals surface area contributed by atoms with Gasteiger partial charge in [-0.1, -0.05) is 76.2 Å². The van der Waals surface area contributed by atoms with Crippen LogP contribution >= 0.6 is 0 Å². The van der Waals surface area contributed by atoms with E-state index in [1.54, 1.807) is 21.9 Å². The molecule has 2 aliphatic heterocycles. The Morgan fingerprint density at radius 3 is 1.32 bits per heavy atom. The second-order valence-corrected chi connectivity index (χ2v) is 17.2. The molecule has 0 saturated carbocycles. The summed E-state index contributed by atoms with van der Waals surface area (Å²) >= 11 is 0. The molecule has 11 nitrogen and oxygen atoms in total. The number of Topliss-reactive ketones (excluding diaryl/α,β-unsaturated/α-hetero) is 2. The van der Waals surface area contributed by atoms with Gasteiger partial charge >= 0.3 is 11.9 Å². The number of amides is 2. The number of benzene rings is 3. The Hall–Kier alpha value is -5.91. The zero-order chi connectivity index (χ0) is 44.7. The molecule has 12 heteroatoms. The monoisotopic (exact) mass is 847 g/mol. The van der Waals surface area contributed by atoms with E-state index >= 15 is 0 Å². The topological polar surface area (TPSA) is 132 Å². The largest absolute Gasteiger partial charge is 0.469 e. The van der Waals surface area contributed by atoms with Crippen molar-refractivity contribution < 1.29 is 42.6 Å². The van der Waals surface area contributed by atoms with Crippen molar-refractivity contribution in [2.45, 2.75) is 91.1 Å². The standard InChI is InChI=1S/C50H58FN3O8/c1-31(2)39(29-47(57)61-5)49(59)52-25-7-9-43(52)45(55)27-33-11-15-35(16-12-33)41-23-24-42(54(41)38-21-19-37(51)20-22-38)36-17-13-34(14-18-36)28-46(56)44-10-8-26-53(44)50(60)40(32(3)4)30-48(58)62-6/h11-24,31-32,39-40,43-44H,7-10,25-30H2,1-6H3/t39-,40-,43-,44-/m0/s1. The Bertz CT molecular complexity index is 2110. The maximum absolute atomic E-state index is 14.2. The van der Waals surface area contributed by atoms with Crippen molar-refractivity contribution >= 4 is 35.3 Å². The molecule has 0 radical (unpaired) electrons. The molecule has 4 atom stereocenters. The van der Waals surface area contributed by atoms with Crippen molar-refractivity contribution in [2.24, 2.45) is 23.7 Å². The first-order valence-corrected chi connectivity index (χ1v) is 21.7. The fourth-order valence-electron chi connectivity index (χ4n) is 8.88. The summed E-state index contributed by atoms with van der Waals surface area (Å²) in [6, 6.07) is 24.6. The van der Waals surface area contributed by atoms with Gasteiger partial charge in [-0.25, -0.2) is 4.39 Å². The highest BCUT2D eigenvalue weighted by Crippen LogP contribution is 2.34. The highest BCUT2D eigenvalue weighted by atomic mass is 19.1. The van der Waals surface area contributed by atoms with Gasteiger partial charge in [-0.2, -0.15) is 0 Å². The maximum Gasteiger partial charge on any atom is 0.306 e. The number of carbonyl (C=O) groups is 6. The Labute approximate surface area is 363 Å². The first-order chi connectivity index (χ1) is 29.7. The van der Waals surface area contributed by atoms with E-state index in [1.165, 1.54) is 26.4 Å². The molecule has 0 N–H and O–H groups in total. The molecule has 2 saturated heterocycles. The van der Waals surface area contributed by atoms with Crippen molar-refractivity contribution in [1.29, 1.82) is 0 Å². The van der Waals surface area contributed by atoms with Gasteiger partial charge in [0.25, 0.3) is 0 Å². The molecule has 62 heavy (non-hydrogen) atoms. The molecule has 6 rings (SSSR count). The van der Waals surface area contributed by atoms with Gasteiger partial charge in [0.15, 0.2) is 11.6 Å². The number of ketones is 2. The molecule has 3 heterocycles. The lowest BCUT2D eigenvalue weighted by atomic mass is 9.90. The quantitative estimate of drug-likeness (QED) is 0.0984. The lowest BCUT2D eigenvalue weighted by molar-refractivity contribution is -0.149. The number of methoxy groups -OCH3 is 2. The van der Waals surface area contributed by atoms with Gasteiger partial charge in [0.05, 0.1) is 62.4 Å². The van der Waals surface area contributed by atoms with E-state index in [4.69, 9.17) is 9.47 Å². The van der Waals surface area contributed by atoms with Gasteiger partial charge in [-0.05, 0) is 96.2 Å². The van der Waals surface area contributed by atoms with Crippen LogP contribution in [0.4, 0.5) is 4.39 Å². The molecule has 3 aromatic carbocycles. The minimum absolute atomic E-state index is 0.0231. The average molecular weight is 848 g/mol. The first kappa shape index (κ1) is 45.6. The van der Waals surface area contributed by atoms with Crippen LogP contribution in [0.3, 0.4) is 0 Å². The summed E-state index contributed by atoms with van der Waals surface area (Å²) in [6.07, 6.45) is 2.85. The number of hydrogen-bond donors (Lipinski definition) is 0. The molecular weight excluding hydrogens is 790 g/mol. The second-order valence-electron chi connectivity index (χ2n) is 17.2. The maximum atomic E-state index is 14.2. The molecule has 0 bridgehead atoms. The van der Waals surface area contributed by atoms with E-state index in [0.29, 0.717) is 25.9 Å². The molecule has 328 valence electrons. The SMILES string of the molecule is COC(=O)C[C@H](C(=O)N1CCC[C@H]1C(=O)Cc1ccc(-c2ccc(-c3ccc(CC(=O)[C@@H]4CCCN4C(=O)[C@@H](CC(=O)OC)C(C)C)cc3)n2-c2ccc(F)cc2)cc1)C(C)C. The second kappa shape index (κ2) is 20.3. The molecule has 2 amide bonds. The van der Waals surface area contributed by atoms with E-state index in [9.17, 15) is 33.2 Å². The van der Waals surface area contributed by atoms with Gasteiger partial charge < -0.3 is 23.8 Å². The predicted molar refractivity (Wildman–Crippen MR) is 233 cm³/mol. The van der Waals surface area contributed by atoms with Crippen LogP contribution in [-0.4, -0.2) is 89.1 Å². The fraction of sp³-hybridized carbons (Fsp3) is 0.440. The number of hydrogen-bond acceptors (Lipinski definition) is 8. The predicted octanol–water partition coefficient (Wildman–Crippen LogP) is 7.83. The number of rotatable bonds is 17. The summed E-state index contributed by atoms with van der Waals surface area (Å²) in [4.78, 5) is 82.0. The van der Waals surface area contributed by atoms with Crippen LogP contribution in [0.2, 0.25) is 0 Å². The van der Waals surface area contributed by atoms with Crippen molar-refractivity contribution in [1.82, 2.24) is 14.4 Å².